The van der Waals surface area contributed by atoms with Crippen LogP contribution < -0.4 is 10.1 Å². The lowest BCUT2D eigenvalue weighted by atomic mass is 10.1. The average Bonchev–Trinajstić information content (AvgIpc) is 3.27. The second-order valence-corrected chi connectivity index (χ2v) is 8.43. The van der Waals surface area contributed by atoms with Crippen LogP contribution in [0.5, 0.6) is 5.75 Å². The van der Waals surface area contributed by atoms with Gasteiger partial charge in [-0.2, -0.15) is 0 Å². The third kappa shape index (κ3) is 6.23. The van der Waals surface area contributed by atoms with E-state index in [1.807, 2.05) is 54.0 Å². The Morgan fingerprint density at radius 1 is 0.971 bits per heavy atom. The number of amides is 1. The molecule has 0 spiro atoms. The minimum absolute atomic E-state index is 0.144. The summed E-state index contributed by atoms with van der Waals surface area (Å²) < 4.78 is 20.6. The third-order valence-corrected chi connectivity index (χ3v) is 5.98. The topological polar surface area (TPSA) is 69.0 Å². The molecule has 0 atom stereocenters. The molecule has 6 nitrogen and oxygen atoms in total. The molecular weight excluding hydrogens is 451 g/mol. The quantitative estimate of drug-likeness (QED) is 0.314. The highest BCUT2D eigenvalue weighted by molar-refractivity contribution is 7.99. The number of benzene rings is 3. The number of hydrogen-bond donors (Lipinski definition) is 1. The van der Waals surface area contributed by atoms with Crippen LogP contribution in [0.3, 0.4) is 0 Å². The van der Waals surface area contributed by atoms with E-state index in [1.54, 1.807) is 0 Å². The van der Waals surface area contributed by atoms with Crippen molar-refractivity contribution in [3.05, 3.63) is 96.1 Å². The molecule has 8 heteroatoms. The Hall–Kier alpha value is -3.65. The Morgan fingerprint density at radius 2 is 1.71 bits per heavy atom. The zero-order valence-electron chi connectivity index (χ0n) is 18.8. The van der Waals surface area contributed by atoms with E-state index in [9.17, 15) is 9.18 Å². The van der Waals surface area contributed by atoms with Crippen molar-refractivity contribution in [3.8, 4) is 11.4 Å². The maximum Gasteiger partial charge on any atom is 0.234 e. The van der Waals surface area contributed by atoms with Gasteiger partial charge in [0.2, 0.25) is 5.91 Å². The van der Waals surface area contributed by atoms with Crippen molar-refractivity contribution in [1.29, 1.82) is 0 Å². The highest BCUT2D eigenvalue weighted by Gasteiger charge is 2.16. The van der Waals surface area contributed by atoms with Gasteiger partial charge in [-0.15, -0.1) is 10.2 Å². The summed E-state index contributed by atoms with van der Waals surface area (Å²) in [6, 6.07) is 23.6. The lowest BCUT2D eigenvalue weighted by Gasteiger charge is -2.12. The molecule has 0 fully saturated rings. The van der Waals surface area contributed by atoms with Gasteiger partial charge in [-0.05, 0) is 67.4 Å². The van der Waals surface area contributed by atoms with Gasteiger partial charge in [0.25, 0.3) is 0 Å². The van der Waals surface area contributed by atoms with Crippen LogP contribution in [0.15, 0.2) is 84.0 Å². The van der Waals surface area contributed by atoms with Gasteiger partial charge in [-0.3, -0.25) is 9.36 Å². The van der Waals surface area contributed by atoms with Crippen LogP contribution >= 0.6 is 11.8 Å². The normalized spacial score (nSPS) is 10.8. The first kappa shape index (κ1) is 23.5. The molecule has 0 saturated carbocycles. The minimum atomic E-state index is -0.348. The van der Waals surface area contributed by atoms with E-state index in [4.69, 9.17) is 4.74 Å². The number of aromatic nitrogens is 3. The Kier molecular flexibility index (Phi) is 7.93. The number of aryl methyl sites for hydroxylation is 2. The van der Waals surface area contributed by atoms with Crippen LogP contribution in [-0.4, -0.2) is 33.0 Å². The molecule has 0 aliphatic carbocycles. The predicted octanol–water partition coefficient (Wildman–Crippen LogP) is 5.32. The second kappa shape index (κ2) is 11.5. The van der Waals surface area contributed by atoms with E-state index >= 15 is 0 Å². The Balaban J connectivity index is 1.51. The van der Waals surface area contributed by atoms with Gasteiger partial charge >= 0.3 is 0 Å². The van der Waals surface area contributed by atoms with Crippen molar-refractivity contribution in [2.45, 2.75) is 24.9 Å². The molecule has 3 aromatic carbocycles. The van der Waals surface area contributed by atoms with E-state index < -0.39 is 0 Å². The molecule has 4 rings (SSSR count). The fourth-order valence-corrected chi connectivity index (χ4v) is 4.21. The van der Waals surface area contributed by atoms with E-state index in [-0.39, 0.29) is 17.5 Å². The zero-order valence-corrected chi connectivity index (χ0v) is 19.6. The number of carbonyl (C=O) groups is 1. The second-order valence-electron chi connectivity index (χ2n) is 7.49. The third-order valence-electron chi connectivity index (χ3n) is 5.05. The summed E-state index contributed by atoms with van der Waals surface area (Å²) >= 11 is 1.30. The predicted molar refractivity (Wildman–Crippen MR) is 132 cm³/mol. The zero-order chi connectivity index (χ0) is 23.8. The number of thioether (sulfide) groups is 1. The molecule has 1 amide bonds. The molecule has 0 aliphatic rings. The van der Waals surface area contributed by atoms with Gasteiger partial charge in [-0.1, -0.05) is 42.1 Å². The number of nitrogens with zero attached hydrogens (tertiary/aromatic N) is 3. The van der Waals surface area contributed by atoms with Gasteiger partial charge in [0.05, 0.1) is 12.4 Å². The number of ether oxygens (including phenoxy) is 1. The summed E-state index contributed by atoms with van der Waals surface area (Å²) in [5.74, 6) is 1.20. The molecule has 1 N–H and O–H groups in total. The van der Waals surface area contributed by atoms with Crippen LogP contribution in [-0.2, 0) is 17.6 Å². The molecule has 1 aromatic heterocycles. The molecule has 0 bridgehead atoms. The molecule has 0 radical (unpaired) electrons. The number of rotatable bonds is 10. The van der Waals surface area contributed by atoms with Crippen molar-refractivity contribution in [1.82, 2.24) is 14.8 Å². The minimum Gasteiger partial charge on any atom is -0.494 e. The van der Waals surface area contributed by atoms with Crippen LogP contribution in [0.4, 0.5) is 10.1 Å². The van der Waals surface area contributed by atoms with Crippen molar-refractivity contribution in [3.63, 3.8) is 0 Å². The van der Waals surface area contributed by atoms with Crippen molar-refractivity contribution >= 4 is 23.4 Å². The Bertz CT molecular complexity index is 1210. The lowest BCUT2D eigenvalue weighted by Crippen LogP contribution is -2.14. The van der Waals surface area contributed by atoms with Gasteiger partial charge in [0.15, 0.2) is 5.16 Å². The van der Waals surface area contributed by atoms with E-state index in [0.29, 0.717) is 23.9 Å². The van der Waals surface area contributed by atoms with Gasteiger partial charge in [-0.25, -0.2) is 4.39 Å². The number of carbonyl (C=O) groups excluding carboxylic acids is 1. The van der Waals surface area contributed by atoms with Crippen LogP contribution in [0, 0.1) is 5.82 Å². The summed E-state index contributed by atoms with van der Waals surface area (Å²) in [5, 5.41) is 12.2. The Labute approximate surface area is 202 Å². The summed E-state index contributed by atoms with van der Waals surface area (Å²) in [6.07, 6.45) is 1.53. The summed E-state index contributed by atoms with van der Waals surface area (Å²) in [4.78, 5) is 12.5. The number of hydrogen-bond acceptors (Lipinski definition) is 5. The monoisotopic (exact) mass is 476 g/mol. The lowest BCUT2D eigenvalue weighted by molar-refractivity contribution is -0.113. The maximum absolute atomic E-state index is 13.1. The van der Waals surface area contributed by atoms with E-state index in [2.05, 4.69) is 27.6 Å². The molecule has 0 saturated heterocycles. The van der Waals surface area contributed by atoms with Gasteiger partial charge < -0.3 is 10.1 Å². The summed E-state index contributed by atoms with van der Waals surface area (Å²) in [5.41, 5.74) is 2.66. The molecular formula is C26H25FN4O2S. The SMILES string of the molecule is CCOc1ccc(-n2c(CCc3ccccc3)nnc2SCC(=O)Nc2ccc(F)cc2)cc1. The van der Waals surface area contributed by atoms with Gasteiger partial charge in [0.1, 0.15) is 17.4 Å². The Morgan fingerprint density at radius 3 is 2.41 bits per heavy atom. The largest absolute Gasteiger partial charge is 0.494 e. The fourth-order valence-electron chi connectivity index (χ4n) is 3.43. The highest BCUT2D eigenvalue weighted by atomic mass is 32.2. The molecule has 0 unspecified atom stereocenters. The van der Waals surface area contributed by atoms with Crippen molar-refractivity contribution in [2.75, 3.05) is 17.7 Å². The van der Waals surface area contributed by atoms with E-state index in [0.717, 1.165) is 23.7 Å². The smallest absolute Gasteiger partial charge is 0.234 e. The van der Waals surface area contributed by atoms with Crippen LogP contribution in [0.1, 0.15) is 18.3 Å². The average molecular weight is 477 g/mol. The highest BCUT2D eigenvalue weighted by Crippen LogP contribution is 2.25. The summed E-state index contributed by atoms with van der Waals surface area (Å²) in [7, 11) is 0. The first-order valence-electron chi connectivity index (χ1n) is 11.0. The number of halogens is 1. The van der Waals surface area contributed by atoms with Crippen LogP contribution in [0.25, 0.3) is 5.69 Å². The first-order chi connectivity index (χ1) is 16.6. The van der Waals surface area contributed by atoms with Crippen molar-refractivity contribution < 1.29 is 13.9 Å². The van der Waals surface area contributed by atoms with Crippen molar-refractivity contribution in [2.24, 2.45) is 0 Å². The standard InChI is InChI=1S/C26H25FN4O2S/c1-2-33-23-15-13-22(14-16-23)31-24(17-8-19-6-4-3-5-7-19)29-30-26(31)34-18-25(32)28-21-11-9-20(27)10-12-21/h3-7,9-16H,2,8,17-18H2,1H3,(H,28,32). The molecule has 174 valence electrons. The molecule has 1 heterocycles. The first-order valence-corrected chi connectivity index (χ1v) is 12.0. The fraction of sp³-hybridized carbons (Fsp3) is 0.192. The van der Waals surface area contributed by atoms with E-state index in [1.165, 1.54) is 41.6 Å². The summed E-state index contributed by atoms with van der Waals surface area (Å²) in [6.45, 7) is 2.54. The maximum atomic E-state index is 13.1. The molecule has 4 aromatic rings. The molecule has 0 aliphatic heterocycles. The number of nitrogens with one attached hydrogen (secondary N) is 1. The van der Waals surface area contributed by atoms with Gasteiger partial charge in [0, 0.05) is 17.8 Å². The molecule has 34 heavy (non-hydrogen) atoms. The number of anilines is 1. The van der Waals surface area contributed by atoms with Crippen LogP contribution in [0.2, 0.25) is 0 Å².